The lowest BCUT2D eigenvalue weighted by Crippen LogP contribution is -2.38. The molecule has 6 nitrogen and oxygen atoms in total. The number of hydrogen-bond acceptors (Lipinski definition) is 5. The molecule has 1 saturated heterocycles. The first-order valence-electron chi connectivity index (χ1n) is 13.1. The van der Waals surface area contributed by atoms with Crippen LogP contribution < -0.4 is 5.32 Å². The molecule has 0 amide bonds. The van der Waals surface area contributed by atoms with E-state index in [0.29, 0.717) is 5.02 Å². The van der Waals surface area contributed by atoms with Gasteiger partial charge in [0.15, 0.2) is 0 Å². The molecule has 192 valence electrons. The molecule has 3 heterocycles. The number of pyridine rings is 1. The van der Waals surface area contributed by atoms with Crippen LogP contribution in [0.5, 0.6) is 0 Å². The molecule has 0 radical (unpaired) electrons. The number of halogens is 2. The van der Waals surface area contributed by atoms with Gasteiger partial charge in [-0.05, 0) is 62.5 Å². The average Bonchev–Trinajstić information content (AvgIpc) is 3.18. The summed E-state index contributed by atoms with van der Waals surface area (Å²) in [5.74, 6) is 0. The van der Waals surface area contributed by atoms with E-state index in [4.69, 9.17) is 32.9 Å². The lowest BCUT2D eigenvalue weighted by atomic mass is 10.1. The number of rotatable bonds is 10. The van der Waals surface area contributed by atoms with Crippen molar-refractivity contribution >= 4 is 61.7 Å². The van der Waals surface area contributed by atoms with E-state index in [0.717, 1.165) is 116 Å². The number of morpholine rings is 1. The van der Waals surface area contributed by atoms with Gasteiger partial charge in [-0.1, -0.05) is 37.0 Å². The molecule has 1 N–H and O–H groups in total. The lowest BCUT2D eigenvalue weighted by molar-refractivity contribution is 0.0366. The first-order valence-corrected chi connectivity index (χ1v) is 13.8. The molecule has 2 aromatic carbocycles. The summed E-state index contributed by atoms with van der Waals surface area (Å²) in [7, 11) is 0. The maximum Gasteiger partial charge on any atom is 0.0968 e. The van der Waals surface area contributed by atoms with Crippen molar-refractivity contribution in [2.45, 2.75) is 26.8 Å². The molecule has 0 spiro atoms. The molecule has 2 aromatic heterocycles. The van der Waals surface area contributed by atoms with Crippen LogP contribution in [0.2, 0.25) is 10.0 Å². The number of benzene rings is 2. The van der Waals surface area contributed by atoms with E-state index in [1.165, 1.54) is 0 Å². The highest BCUT2D eigenvalue weighted by molar-refractivity contribution is 6.32. The molecule has 0 atom stereocenters. The first kappa shape index (κ1) is 25.6. The van der Waals surface area contributed by atoms with Gasteiger partial charge in [-0.3, -0.25) is 4.90 Å². The van der Waals surface area contributed by atoms with Gasteiger partial charge in [0.25, 0.3) is 0 Å². The quantitative estimate of drug-likeness (QED) is 0.251. The first-order chi connectivity index (χ1) is 17.6. The second-order valence-electron chi connectivity index (χ2n) is 9.45. The Kier molecular flexibility index (Phi) is 8.18. The molecule has 1 aliphatic rings. The van der Waals surface area contributed by atoms with Gasteiger partial charge in [-0.2, -0.15) is 0 Å². The maximum absolute atomic E-state index is 6.54. The van der Waals surface area contributed by atoms with E-state index >= 15 is 0 Å². The third-order valence-electron chi connectivity index (χ3n) is 7.28. The van der Waals surface area contributed by atoms with Crippen molar-refractivity contribution in [2.75, 3.05) is 64.3 Å². The number of fused-ring (bicyclic) bond motifs is 4. The van der Waals surface area contributed by atoms with Crippen LogP contribution in [0, 0.1) is 0 Å². The third kappa shape index (κ3) is 5.43. The van der Waals surface area contributed by atoms with Gasteiger partial charge in [-0.25, -0.2) is 4.98 Å². The minimum absolute atomic E-state index is 0.690. The molecule has 0 saturated carbocycles. The number of nitrogens with zero attached hydrogens (tertiary/aromatic N) is 4. The topological polar surface area (TPSA) is 45.6 Å². The zero-order valence-electron chi connectivity index (χ0n) is 21.2. The third-order valence-corrected chi connectivity index (χ3v) is 7.73. The Labute approximate surface area is 223 Å². The predicted octanol–water partition coefficient (Wildman–Crippen LogP) is 6.13. The fourth-order valence-corrected chi connectivity index (χ4v) is 5.60. The molecule has 8 heteroatoms. The monoisotopic (exact) mass is 527 g/mol. The number of aromatic nitrogens is 2. The highest BCUT2D eigenvalue weighted by atomic mass is 35.5. The molecule has 1 aliphatic heterocycles. The smallest absolute Gasteiger partial charge is 0.0968 e. The summed E-state index contributed by atoms with van der Waals surface area (Å²) in [4.78, 5) is 10.0. The normalized spacial score (nSPS) is 15.0. The van der Waals surface area contributed by atoms with Gasteiger partial charge in [-0.15, -0.1) is 0 Å². The highest BCUT2D eigenvalue weighted by Gasteiger charge is 2.17. The Morgan fingerprint density at radius 1 is 0.944 bits per heavy atom. The van der Waals surface area contributed by atoms with Gasteiger partial charge in [0.2, 0.25) is 0 Å². The van der Waals surface area contributed by atoms with E-state index in [1.807, 2.05) is 24.3 Å². The lowest BCUT2D eigenvalue weighted by Gasteiger charge is -2.26. The van der Waals surface area contributed by atoms with Gasteiger partial charge in [0.1, 0.15) is 0 Å². The fraction of sp³-hybridized carbons (Fsp3) is 0.464. The molecule has 0 unspecified atom stereocenters. The van der Waals surface area contributed by atoms with Gasteiger partial charge in [0.05, 0.1) is 35.3 Å². The number of anilines is 1. The highest BCUT2D eigenvalue weighted by Crippen LogP contribution is 2.35. The Morgan fingerprint density at radius 3 is 2.53 bits per heavy atom. The van der Waals surface area contributed by atoms with Crippen molar-refractivity contribution in [3.05, 3.63) is 46.4 Å². The van der Waals surface area contributed by atoms with E-state index < -0.39 is 0 Å². The summed E-state index contributed by atoms with van der Waals surface area (Å²) in [6, 6.07) is 12.4. The van der Waals surface area contributed by atoms with Crippen molar-refractivity contribution in [2.24, 2.45) is 0 Å². The van der Waals surface area contributed by atoms with Crippen molar-refractivity contribution in [1.29, 1.82) is 0 Å². The predicted molar refractivity (Wildman–Crippen MR) is 153 cm³/mol. The van der Waals surface area contributed by atoms with Crippen LogP contribution in [0.15, 0.2) is 36.4 Å². The number of nitrogens with one attached hydrogen (secondary N) is 1. The summed E-state index contributed by atoms with van der Waals surface area (Å²) in [6.07, 6.45) is 1.07. The Balaban J connectivity index is 1.52. The van der Waals surface area contributed by atoms with E-state index in [-0.39, 0.29) is 0 Å². The van der Waals surface area contributed by atoms with Crippen LogP contribution in [-0.2, 0) is 11.3 Å². The second-order valence-corrected chi connectivity index (χ2v) is 10.3. The van der Waals surface area contributed by atoms with Crippen molar-refractivity contribution < 1.29 is 4.74 Å². The van der Waals surface area contributed by atoms with E-state index in [1.54, 1.807) is 0 Å². The summed E-state index contributed by atoms with van der Waals surface area (Å²) < 4.78 is 7.92. The molecular weight excluding hydrogens is 493 g/mol. The minimum Gasteiger partial charge on any atom is -0.384 e. The standard InChI is InChI=1S/C28H35Cl2N5O/c1-3-33(4-2)9-5-8-31-24-17-21(30)18-25-22(24)19-27-28(32-25)23-16-20(29)6-7-26(23)35(27)11-10-34-12-14-36-15-13-34/h6-7,16-19,31H,3-5,8-15H2,1-2H3. The fourth-order valence-electron chi connectivity index (χ4n) is 5.22. The van der Waals surface area contributed by atoms with E-state index in [9.17, 15) is 0 Å². The minimum atomic E-state index is 0.690. The number of ether oxygens (including phenoxy) is 1. The summed E-state index contributed by atoms with van der Waals surface area (Å²) in [6.45, 7) is 14.0. The van der Waals surface area contributed by atoms with Crippen LogP contribution in [0.1, 0.15) is 20.3 Å². The van der Waals surface area contributed by atoms with Crippen molar-refractivity contribution in [1.82, 2.24) is 19.4 Å². The summed E-state index contributed by atoms with van der Waals surface area (Å²) in [5.41, 5.74) is 5.19. The van der Waals surface area contributed by atoms with Crippen LogP contribution in [0.3, 0.4) is 0 Å². The molecule has 0 bridgehead atoms. The van der Waals surface area contributed by atoms with Crippen molar-refractivity contribution in [3.63, 3.8) is 0 Å². The zero-order valence-corrected chi connectivity index (χ0v) is 22.7. The largest absolute Gasteiger partial charge is 0.384 e. The van der Waals surface area contributed by atoms with Crippen LogP contribution in [0.4, 0.5) is 5.69 Å². The van der Waals surface area contributed by atoms with Gasteiger partial charge >= 0.3 is 0 Å². The number of hydrogen-bond donors (Lipinski definition) is 1. The summed E-state index contributed by atoms with van der Waals surface area (Å²) >= 11 is 13.0. The van der Waals surface area contributed by atoms with Crippen LogP contribution >= 0.6 is 23.2 Å². The van der Waals surface area contributed by atoms with E-state index in [2.05, 4.69) is 45.7 Å². The SMILES string of the molecule is CCN(CC)CCCNc1cc(Cl)cc2nc3c4cc(Cl)ccc4n(CCN4CCOCC4)c3cc12. The summed E-state index contributed by atoms with van der Waals surface area (Å²) in [5, 5.41) is 7.22. The second kappa shape index (κ2) is 11.5. The Bertz CT molecular complexity index is 1340. The molecule has 5 rings (SSSR count). The molecule has 0 aliphatic carbocycles. The molecule has 36 heavy (non-hydrogen) atoms. The van der Waals surface area contributed by atoms with Gasteiger partial charge < -0.3 is 19.5 Å². The zero-order chi connectivity index (χ0) is 25.1. The van der Waals surface area contributed by atoms with Crippen LogP contribution in [0.25, 0.3) is 32.8 Å². The average molecular weight is 529 g/mol. The van der Waals surface area contributed by atoms with Crippen LogP contribution in [-0.4, -0.2) is 78.4 Å². The van der Waals surface area contributed by atoms with Gasteiger partial charge in [0, 0.05) is 59.2 Å². The van der Waals surface area contributed by atoms with Crippen molar-refractivity contribution in [3.8, 4) is 0 Å². The molecule has 1 fully saturated rings. The molecular formula is C28H35Cl2N5O. The maximum atomic E-state index is 6.54. The Morgan fingerprint density at radius 2 is 1.75 bits per heavy atom. The Hall–Kier alpha value is -2.09. The molecule has 4 aromatic rings.